The van der Waals surface area contributed by atoms with Gasteiger partial charge in [0.15, 0.2) is 0 Å². The molecule has 2 aromatic carbocycles. The lowest BCUT2D eigenvalue weighted by atomic mass is 10.0. The molecule has 1 aliphatic heterocycles. The fourth-order valence-electron chi connectivity index (χ4n) is 2.90. The summed E-state index contributed by atoms with van der Waals surface area (Å²) in [5.41, 5.74) is 1.52. The number of halogens is 1. The van der Waals surface area contributed by atoms with Gasteiger partial charge in [-0.05, 0) is 36.2 Å². The van der Waals surface area contributed by atoms with Crippen molar-refractivity contribution in [1.29, 1.82) is 0 Å². The highest BCUT2D eigenvalue weighted by atomic mass is 35.5. The van der Waals surface area contributed by atoms with Crippen molar-refractivity contribution in [2.75, 3.05) is 6.54 Å². The molecular formula is C19H20ClN3O3S. The predicted octanol–water partition coefficient (Wildman–Crippen LogP) is 3.04. The van der Waals surface area contributed by atoms with E-state index in [2.05, 4.69) is 15.0 Å². The summed E-state index contributed by atoms with van der Waals surface area (Å²) in [5, 5.41) is 3.62. The van der Waals surface area contributed by atoms with Crippen LogP contribution in [-0.4, -0.2) is 26.7 Å². The minimum absolute atomic E-state index is 0.104. The Morgan fingerprint density at radius 2 is 1.89 bits per heavy atom. The van der Waals surface area contributed by atoms with E-state index >= 15 is 0 Å². The van der Waals surface area contributed by atoms with Gasteiger partial charge < -0.3 is 5.32 Å². The Kier molecular flexibility index (Phi) is 5.82. The molecule has 3 rings (SSSR count). The van der Waals surface area contributed by atoms with Gasteiger partial charge in [0.05, 0.1) is 17.5 Å². The molecule has 0 spiro atoms. The van der Waals surface area contributed by atoms with Gasteiger partial charge in [0.1, 0.15) is 5.84 Å². The number of carbonyl (C=O) groups excluding carboxylic acids is 1. The molecule has 0 radical (unpaired) electrons. The first-order chi connectivity index (χ1) is 12.9. The zero-order valence-electron chi connectivity index (χ0n) is 14.8. The number of hydrogen-bond donors (Lipinski definition) is 2. The number of sulfonamides is 1. The molecule has 1 aliphatic rings. The first kappa shape index (κ1) is 19.4. The van der Waals surface area contributed by atoms with Crippen molar-refractivity contribution in [3.05, 3.63) is 64.7 Å². The molecule has 1 atom stereocenters. The van der Waals surface area contributed by atoms with E-state index in [0.29, 0.717) is 10.6 Å². The quantitative estimate of drug-likeness (QED) is 0.774. The molecule has 142 valence electrons. The maximum atomic E-state index is 12.3. The molecule has 1 heterocycles. The van der Waals surface area contributed by atoms with E-state index < -0.39 is 10.0 Å². The summed E-state index contributed by atoms with van der Waals surface area (Å²) in [6.07, 6.45) is 0.909. The number of fused-ring (bicyclic) bond motifs is 1. The van der Waals surface area contributed by atoms with Crippen LogP contribution in [0, 0.1) is 0 Å². The second kappa shape index (κ2) is 8.10. The summed E-state index contributed by atoms with van der Waals surface area (Å²) in [6, 6.07) is 13.9. The molecule has 0 aromatic heterocycles. The van der Waals surface area contributed by atoms with Gasteiger partial charge in [-0.25, -0.2) is 8.42 Å². The van der Waals surface area contributed by atoms with Crippen LogP contribution < -0.4 is 10.0 Å². The van der Waals surface area contributed by atoms with E-state index in [1.54, 1.807) is 30.3 Å². The molecule has 0 saturated carbocycles. The molecule has 8 heteroatoms. The lowest BCUT2D eigenvalue weighted by molar-refractivity contribution is -0.121. The number of rotatable bonds is 6. The Hall–Kier alpha value is -2.38. The number of amidine groups is 1. The molecular weight excluding hydrogens is 386 g/mol. The summed E-state index contributed by atoms with van der Waals surface area (Å²) in [4.78, 5) is 16.7. The number of benzene rings is 2. The van der Waals surface area contributed by atoms with Crippen LogP contribution in [0.1, 0.15) is 36.9 Å². The molecule has 27 heavy (non-hydrogen) atoms. The van der Waals surface area contributed by atoms with Crippen molar-refractivity contribution in [3.63, 3.8) is 0 Å². The second-order valence-corrected chi connectivity index (χ2v) is 8.25. The summed E-state index contributed by atoms with van der Waals surface area (Å²) in [6.45, 7) is 2.18. The molecule has 6 nitrogen and oxygen atoms in total. The van der Waals surface area contributed by atoms with Crippen molar-refractivity contribution in [2.24, 2.45) is 4.99 Å². The van der Waals surface area contributed by atoms with Gasteiger partial charge in [0.25, 0.3) is 10.0 Å². The maximum absolute atomic E-state index is 12.3. The lowest BCUT2D eigenvalue weighted by Gasteiger charge is -2.17. The van der Waals surface area contributed by atoms with E-state index in [-0.39, 0.29) is 35.6 Å². The van der Waals surface area contributed by atoms with Crippen LogP contribution >= 0.6 is 11.6 Å². The molecule has 0 unspecified atom stereocenters. The zero-order chi connectivity index (χ0) is 19.4. The number of amides is 1. The van der Waals surface area contributed by atoms with Gasteiger partial charge in [-0.1, -0.05) is 42.8 Å². The SMILES string of the molecule is CC[C@H](NC(=O)CCN=C1NS(=O)(=O)c2ccccc21)c1ccc(Cl)cc1. The highest BCUT2D eigenvalue weighted by Gasteiger charge is 2.29. The summed E-state index contributed by atoms with van der Waals surface area (Å²) in [7, 11) is -3.56. The second-order valence-electron chi connectivity index (χ2n) is 6.16. The summed E-state index contributed by atoms with van der Waals surface area (Å²) in [5.74, 6) is 0.137. The van der Waals surface area contributed by atoms with E-state index in [1.807, 2.05) is 19.1 Å². The van der Waals surface area contributed by atoms with Gasteiger partial charge in [-0.2, -0.15) is 0 Å². The monoisotopic (exact) mass is 405 g/mol. The topological polar surface area (TPSA) is 87.6 Å². The van der Waals surface area contributed by atoms with Crippen molar-refractivity contribution in [2.45, 2.75) is 30.7 Å². The summed E-state index contributed by atoms with van der Waals surface area (Å²) >= 11 is 5.90. The lowest BCUT2D eigenvalue weighted by Crippen LogP contribution is -2.29. The molecule has 0 bridgehead atoms. The van der Waals surface area contributed by atoms with Crippen LogP contribution in [0.4, 0.5) is 0 Å². The first-order valence-electron chi connectivity index (χ1n) is 8.62. The molecule has 0 fully saturated rings. The average Bonchev–Trinajstić information content (AvgIpc) is 2.91. The highest BCUT2D eigenvalue weighted by molar-refractivity contribution is 7.90. The Bertz CT molecular complexity index is 972. The van der Waals surface area contributed by atoms with Gasteiger partial charge in [0, 0.05) is 17.0 Å². The van der Waals surface area contributed by atoms with Crippen LogP contribution in [0.25, 0.3) is 0 Å². The first-order valence-corrected chi connectivity index (χ1v) is 10.5. The number of nitrogens with one attached hydrogen (secondary N) is 2. The largest absolute Gasteiger partial charge is 0.349 e. The minimum Gasteiger partial charge on any atom is -0.349 e. The number of hydrogen-bond acceptors (Lipinski definition) is 4. The number of nitrogens with zero attached hydrogens (tertiary/aromatic N) is 1. The Labute approximate surface area is 163 Å². The molecule has 2 N–H and O–H groups in total. The third-order valence-electron chi connectivity index (χ3n) is 4.29. The normalized spacial score (nSPS) is 17.2. The Morgan fingerprint density at radius 3 is 2.59 bits per heavy atom. The minimum atomic E-state index is -3.56. The van der Waals surface area contributed by atoms with Gasteiger partial charge in [-0.15, -0.1) is 0 Å². The molecule has 0 aliphatic carbocycles. The van der Waals surface area contributed by atoms with Gasteiger partial charge >= 0.3 is 0 Å². The van der Waals surface area contributed by atoms with Crippen molar-refractivity contribution >= 4 is 33.4 Å². The molecule has 0 saturated heterocycles. The van der Waals surface area contributed by atoms with Crippen LogP contribution in [0.3, 0.4) is 0 Å². The van der Waals surface area contributed by atoms with Crippen LogP contribution in [0.15, 0.2) is 58.4 Å². The average molecular weight is 406 g/mol. The van der Waals surface area contributed by atoms with Crippen molar-refractivity contribution in [3.8, 4) is 0 Å². The van der Waals surface area contributed by atoms with E-state index in [0.717, 1.165) is 12.0 Å². The fourth-order valence-corrected chi connectivity index (χ4v) is 4.28. The Balaban J connectivity index is 1.61. The third kappa shape index (κ3) is 4.48. The predicted molar refractivity (Wildman–Crippen MR) is 105 cm³/mol. The van der Waals surface area contributed by atoms with E-state index in [9.17, 15) is 13.2 Å². The van der Waals surface area contributed by atoms with Gasteiger partial charge in [-0.3, -0.25) is 14.5 Å². The molecule has 1 amide bonds. The highest BCUT2D eigenvalue weighted by Crippen LogP contribution is 2.22. The number of carbonyl (C=O) groups is 1. The zero-order valence-corrected chi connectivity index (χ0v) is 16.3. The summed E-state index contributed by atoms with van der Waals surface area (Å²) < 4.78 is 26.5. The van der Waals surface area contributed by atoms with Crippen molar-refractivity contribution < 1.29 is 13.2 Å². The van der Waals surface area contributed by atoms with E-state index in [4.69, 9.17) is 11.6 Å². The van der Waals surface area contributed by atoms with Crippen LogP contribution in [0.5, 0.6) is 0 Å². The maximum Gasteiger partial charge on any atom is 0.263 e. The number of aliphatic imine (C=N–C) groups is 1. The van der Waals surface area contributed by atoms with Crippen LogP contribution in [-0.2, 0) is 14.8 Å². The Morgan fingerprint density at radius 1 is 1.19 bits per heavy atom. The fraction of sp³-hybridized carbons (Fsp3) is 0.263. The van der Waals surface area contributed by atoms with E-state index in [1.165, 1.54) is 6.07 Å². The smallest absolute Gasteiger partial charge is 0.263 e. The third-order valence-corrected chi connectivity index (χ3v) is 5.94. The van der Waals surface area contributed by atoms with Gasteiger partial charge in [0.2, 0.25) is 5.91 Å². The standard InChI is InChI=1S/C19H20ClN3O3S/c1-2-16(13-7-9-14(20)10-8-13)22-18(24)11-12-21-19-15-5-3-4-6-17(15)27(25,26)23-19/h3-10,16H,2,11-12H2,1H3,(H,21,23)(H,22,24)/t16-/m0/s1. The van der Waals surface area contributed by atoms with Crippen LogP contribution in [0.2, 0.25) is 5.02 Å². The van der Waals surface area contributed by atoms with Crippen molar-refractivity contribution in [1.82, 2.24) is 10.0 Å². The molecule has 2 aromatic rings.